The maximum absolute atomic E-state index is 13.6. The number of benzene rings is 2. The molecule has 2 N–H and O–H groups in total. The Balaban J connectivity index is 2.21. The summed E-state index contributed by atoms with van der Waals surface area (Å²) in [4.78, 5) is 11.9. The lowest BCUT2D eigenvalue weighted by molar-refractivity contribution is 0.102. The summed E-state index contributed by atoms with van der Waals surface area (Å²) >= 11 is 3.29. The molecule has 0 aliphatic carbocycles. The predicted octanol–water partition coefficient (Wildman–Crippen LogP) is 3.55. The Hall–Kier alpha value is -2.08. The standard InChI is InChI=1S/C14H11BrFNO3/c1-20-13-5-2-8(6-11(13)15)17-14(19)10-4-3-9(18)7-12(10)16/h2-7,18H,1H3,(H,17,19). The monoisotopic (exact) mass is 339 g/mol. The molecule has 2 rings (SSSR count). The van der Waals surface area contributed by atoms with Gasteiger partial charge in [-0.1, -0.05) is 0 Å². The lowest BCUT2D eigenvalue weighted by atomic mass is 10.2. The number of hydrogen-bond acceptors (Lipinski definition) is 3. The first-order chi connectivity index (χ1) is 9.51. The summed E-state index contributed by atoms with van der Waals surface area (Å²) in [5.74, 6) is -0.986. The van der Waals surface area contributed by atoms with Gasteiger partial charge in [0.15, 0.2) is 0 Å². The lowest BCUT2D eigenvalue weighted by Crippen LogP contribution is -2.13. The van der Waals surface area contributed by atoms with Gasteiger partial charge >= 0.3 is 0 Å². The molecule has 0 saturated heterocycles. The van der Waals surface area contributed by atoms with Crippen LogP contribution < -0.4 is 10.1 Å². The number of rotatable bonds is 3. The van der Waals surface area contributed by atoms with Crippen molar-refractivity contribution >= 4 is 27.5 Å². The zero-order chi connectivity index (χ0) is 14.7. The molecule has 0 unspecified atom stereocenters. The number of hydrogen-bond donors (Lipinski definition) is 2. The number of carbonyl (C=O) groups is 1. The average molecular weight is 340 g/mol. The largest absolute Gasteiger partial charge is 0.508 e. The first-order valence-electron chi connectivity index (χ1n) is 5.64. The molecule has 0 radical (unpaired) electrons. The topological polar surface area (TPSA) is 58.6 Å². The van der Waals surface area contributed by atoms with E-state index in [1.807, 2.05) is 0 Å². The van der Waals surface area contributed by atoms with Gasteiger partial charge in [0.1, 0.15) is 17.3 Å². The van der Waals surface area contributed by atoms with Crippen LogP contribution in [-0.2, 0) is 0 Å². The molecule has 0 fully saturated rings. The maximum atomic E-state index is 13.6. The van der Waals surface area contributed by atoms with E-state index in [0.717, 1.165) is 6.07 Å². The molecule has 2 aromatic rings. The molecule has 0 aromatic heterocycles. The molecule has 0 heterocycles. The minimum atomic E-state index is -0.782. The van der Waals surface area contributed by atoms with Crippen LogP contribution in [0.1, 0.15) is 10.4 Å². The van der Waals surface area contributed by atoms with Crippen molar-refractivity contribution in [1.29, 1.82) is 0 Å². The summed E-state index contributed by atoms with van der Waals surface area (Å²) in [7, 11) is 1.53. The number of halogens is 2. The highest BCUT2D eigenvalue weighted by Crippen LogP contribution is 2.28. The van der Waals surface area contributed by atoms with Crippen molar-refractivity contribution in [1.82, 2.24) is 0 Å². The molecule has 0 bridgehead atoms. The van der Waals surface area contributed by atoms with E-state index in [1.165, 1.54) is 19.2 Å². The molecule has 4 nitrogen and oxygen atoms in total. The fourth-order valence-corrected chi connectivity index (χ4v) is 2.17. The normalized spacial score (nSPS) is 10.2. The van der Waals surface area contributed by atoms with Gasteiger partial charge in [-0.3, -0.25) is 4.79 Å². The van der Waals surface area contributed by atoms with E-state index >= 15 is 0 Å². The molecule has 1 amide bonds. The predicted molar refractivity (Wildman–Crippen MR) is 76.7 cm³/mol. The van der Waals surface area contributed by atoms with Crippen molar-refractivity contribution < 1.29 is 19.0 Å². The summed E-state index contributed by atoms with van der Waals surface area (Å²) < 4.78 is 19.3. The van der Waals surface area contributed by atoms with Gasteiger partial charge in [-0.2, -0.15) is 0 Å². The second-order valence-electron chi connectivity index (χ2n) is 3.97. The number of carbonyl (C=O) groups excluding carboxylic acids is 1. The Morgan fingerprint density at radius 1 is 1.30 bits per heavy atom. The third kappa shape index (κ3) is 3.08. The highest BCUT2D eigenvalue weighted by molar-refractivity contribution is 9.10. The lowest BCUT2D eigenvalue weighted by Gasteiger charge is -2.09. The van der Waals surface area contributed by atoms with E-state index in [0.29, 0.717) is 15.9 Å². The van der Waals surface area contributed by atoms with Crippen LogP contribution in [0.4, 0.5) is 10.1 Å². The molecule has 0 atom stereocenters. The first kappa shape index (κ1) is 14.3. The number of phenols is 1. The van der Waals surface area contributed by atoms with E-state index in [4.69, 9.17) is 9.84 Å². The Kier molecular flexibility index (Phi) is 4.24. The van der Waals surface area contributed by atoms with Crippen LogP contribution >= 0.6 is 15.9 Å². The number of anilines is 1. The molecule has 6 heteroatoms. The van der Waals surface area contributed by atoms with Crippen LogP contribution in [0.3, 0.4) is 0 Å². The Morgan fingerprint density at radius 2 is 2.05 bits per heavy atom. The fourth-order valence-electron chi connectivity index (χ4n) is 1.63. The van der Waals surface area contributed by atoms with Gasteiger partial charge in [0, 0.05) is 11.8 Å². The molecule has 0 spiro atoms. The third-order valence-electron chi connectivity index (χ3n) is 2.61. The van der Waals surface area contributed by atoms with Crippen LogP contribution in [-0.4, -0.2) is 18.1 Å². The van der Waals surface area contributed by atoms with Gasteiger partial charge in [-0.15, -0.1) is 0 Å². The molecule has 104 valence electrons. The van der Waals surface area contributed by atoms with Crippen molar-refractivity contribution in [2.45, 2.75) is 0 Å². The van der Waals surface area contributed by atoms with E-state index in [-0.39, 0.29) is 11.3 Å². The highest BCUT2D eigenvalue weighted by Gasteiger charge is 2.13. The molecule has 0 saturated carbocycles. The molecular weight excluding hydrogens is 329 g/mol. The maximum Gasteiger partial charge on any atom is 0.258 e. The summed E-state index contributed by atoms with van der Waals surface area (Å²) in [6.45, 7) is 0. The fraction of sp³-hybridized carbons (Fsp3) is 0.0714. The van der Waals surface area contributed by atoms with Crippen molar-refractivity contribution in [3.8, 4) is 11.5 Å². The number of ether oxygens (including phenoxy) is 1. The van der Waals surface area contributed by atoms with E-state index < -0.39 is 11.7 Å². The second-order valence-corrected chi connectivity index (χ2v) is 4.82. The summed E-state index contributed by atoms with van der Waals surface area (Å²) in [5, 5.41) is 11.7. The van der Waals surface area contributed by atoms with Crippen LogP contribution in [0.15, 0.2) is 40.9 Å². The molecule has 20 heavy (non-hydrogen) atoms. The van der Waals surface area contributed by atoms with Crippen molar-refractivity contribution in [3.05, 3.63) is 52.3 Å². The molecule has 0 aliphatic heterocycles. The van der Waals surface area contributed by atoms with Gasteiger partial charge in [-0.05, 0) is 46.3 Å². The van der Waals surface area contributed by atoms with Crippen LogP contribution in [0, 0.1) is 5.82 Å². The number of amides is 1. The molecule has 0 aliphatic rings. The minimum absolute atomic E-state index is 0.144. The van der Waals surface area contributed by atoms with Crippen molar-refractivity contribution in [3.63, 3.8) is 0 Å². The van der Waals surface area contributed by atoms with Gasteiger partial charge in [0.2, 0.25) is 0 Å². The van der Waals surface area contributed by atoms with Crippen molar-refractivity contribution in [2.75, 3.05) is 12.4 Å². The molecule has 2 aromatic carbocycles. The van der Waals surface area contributed by atoms with E-state index in [2.05, 4.69) is 21.2 Å². The molecular formula is C14H11BrFNO3. The highest BCUT2D eigenvalue weighted by atomic mass is 79.9. The van der Waals surface area contributed by atoms with Crippen LogP contribution in [0.25, 0.3) is 0 Å². The van der Waals surface area contributed by atoms with Crippen LogP contribution in [0.5, 0.6) is 11.5 Å². The van der Waals surface area contributed by atoms with E-state index in [9.17, 15) is 9.18 Å². The third-order valence-corrected chi connectivity index (χ3v) is 3.23. The smallest absolute Gasteiger partial charge is 0.258 e. The quantitative estimate of drug-likeness (QED) is 0.898. The van der Waals surface area contributed by atoms with Crippen molar-refractivity contribution in [2.24, 2.45) is 0 Å². The van der Waals surface area contributed by atoms with Gasteiger partial charge in [0.05, 0.1) is 17.1 Å². The zero-order valence-electron chi connectivity index (χ0n) is 10.5. The first-order valence-corrected chi connectivity index (χ1v) is 6.44. The van der Waals surface area contributed by atoms with E-state index in [1.54, 1.807) is 18.2 Å². The van der Waals surface area contributed by atoms with Crippen LogP contribution in [0.2, 0.25) is 0 Å². The second kappa shape index (κ2) is 5.92. The minimum Gasteiger partial charge on any atom is -0.508 e. The summed E-state index contributed by atoms with van der Waals surface area (Å²) in [6, 6.07) is 8.32. The number of phenolic OH excluding ortho intramolecular Hbond substituents is 1. The SMILES string of the molecule is COc1ccc(NC(=O)c2ccc(O)cc2F)cc1Br. The number of methoxy groups -OCH3 is 1. The zero-order valence-corrected chi connectivity index (χ0v) is 12.1. The summed E-state index contributed by atoms with van der Waals surface area (Å²) in [6.07, 6.45) is 0. The summed E-state index contributed by atoms with van der Waals surface area (Å²) in [5.41, 5.74) is 0.352. The van der Waals surface area contributed by atoms with Gasteiger partial charge in [-0.25, -0.2) is 4.39 Å². The van der Waals surface area contributed by atoms with Gasteiger partial charge < -0.3 is 15.2 Å². The number of nitrogens with one attached hydrogen (secondary N) is 1. The van der Waals surface area contributed by atoms with Gasteiger partial charge in [0.25, 0.3) is 5.91 Å². The number of aromatic hydroxyl groups is 1. The Bertz CT molecular complexity index is 661. The Labute approximate surface area is 123 Å². The average Bonchev–Trinajstić information content (AvgIpc) is 2.38. The Morgan fingerprint density at radius 3 is 2.65 bits per heavy atom.